The third-order valence-electron chi connectivity index (χ3n) is 1.67. The number of nitrogens with zero attached hydrogens (tertiary/aromatic N) is 1. The molecule has 0 amide bonds. The lowest BCUT2D eigenvalue weighted by Gasteiger charge is -2.00. The minimum absolute atomic E-state index is 0.331. The Hall–Kier alpha value is -0.420. The van der Waals surface area contributed by atoms with E-state index in [1.807, 2.05) is 0 Å². The number of carbonyl (C=O) groups excluding carboxylic acids is 1. The molecule has 3 nitrogen and oxygen atoms in total. The summed E-state index contributed by atoms with van der Waals surface area (Å²) in [4.78, 5) is 15.3. The number of hydrogen-bond donors (Lipinski definition) is 0. The largest absolute Gasteiger partial charge is 0.461 e. The number of esters is 1. The van der Waals surface area contributed by atoms with E-state index in [9.17, 15) is 4.79 Å². The molecule has 0 aromatic carbocycles. The molecule has 0 N–H and O–H groups in total. The van der Waals surface area contributed by atoms with E-state index in [1.54, 1.807) is 5.38 Å². The first-order valence-corrected chi connectivity index (χ1v) is 6.19. The first-order valence-electron chi connectivity index (χ1n) is 4.52. The molecule has 0 spiro atoms. The molecule has 5 heteroatoms. The van der Waals surface area contributed by atoms with Gasteiger partial charge in [-0.15, -0.1) is 11.3 Å². The van der Waals surface area contributed by atoms with Crippen molar-refractivity contribution in [3.8, 4) is 0 Å². The van der Waals surface area contributed by atoms with Gasteiger partial charge in [0.1, 0.15) is 0 Å². The minimum Gasteiger partial charge on any atom is -0.461 e. The van der Waals surface area contributed by atoms with Crippen molar-refractivity contribution in [2.45, 2.75) is 26.2 Å². The molecule has 1 rings (SSSR count). The van der Waals surface area contributed by atoms with Crippen LogP contribution in [-0.4, -0.2) is 17.6 Å². The van der Waals surface area contributed by atoms with Crippen molar-refractivity contribution in [2.24, 2.45) is 0 Å². The van der Waals surface area contributed by atoms with Crippen LogP contribution in [-0.2, 0) is 4.74 Å². The SMILES string of the molecule is CCCCCOC(=O)c1csc(Br)n1. The molecular weight excluding hydrogens is 266 g/mol. The van der Waals surface area contributed by atoms with Crippen LogP contribution in [0.5, 0.6) is 0 Å². The second-order valence-electron chi connectivity index (χ2n) is 2.83. The summed E-state index contributed by atoms with van der Waals surface area (Å²) in [6.45, 7) is 2.60. The molecule has 78 valence electrons. The Morgan fingerprint density at radius 2 is 2.43 bits per heavy atom. The summed E-state index contributed by atoms with van der Waals surface area (Å²) < 4.78 is 5.73. The van der Waals surface area contributed by atoms with E-state index in [1.165, 1.54) is 11.3 Å². The van der Waals surface area contributed by atoms with Crippen LogP contribution in [0.15, 0.2) is 9.30 Å². The smallest absolute Gasteiger partial charge is 0.357 e. The zero-order valence-electron chi connectivity index (χ0n) is 7.96. The third kappa shape index (κ3) is 3.75. The number of halogens is 1. The van der Waals surface area contributed by atoms with Crippen molar-refractivity contribution in [3.05, 3.63) is 15.0 Å². The van der Waals surface area contributed by atoms with Crippen LogP contribution in [0.25, 0.3) is 0 Å². The van der Waals surface area contributed by atoms with Gasteiger partial charge in [0.05, 0.1) is 6.61 Å². The van der Waals surface area contributed by atoms with Crippen LogP contribution in [0.4, 0.5) is 0 Å². The molecule has 1 heterocycles. The molecule has 0 saturated heterocycles. The van der Waals surface area contributed by atoms with Gasteiger partial charge in [0.15, 0.2) is 9.61 Å². The van der Waals surface area contributed by atoms with Crippen molar-refractivity contribution in [1.29, 1.82) is 0 Å². The third-order valence-corrected chi connectivity index (χ3v) is 3.03. The highest BCUT2D eigenvalue weighted by Crippen LogP contribution is 2.16. The maximum Gasteiger partial charge on any atom is 0.357 e. The number of carbonyl (C=O) groups is 1. The van der Waals surface area contributed by atoms with Crippen LogP contribution in [0.1, 0.15) is 36.7 Å². The number of hydrogen-bond acceptors (Lipinski definition) is 4. The summed E-state index contributed by atoms with van der Waals surface area (Å²) in [5.41, 5.74) is 0.387. The second-order valence-corrected chi connectivity index (χ2v) is 4.96. The van der Waals surface area contributed by atoms with E-state index in [0.717, 1.165) is 19.3 Å². The Kier molecular flexibility index (Phi) is 5.11. The fourth-order valence-corrected chi connectivity index (χ4v) is 1.92. The lowest BCUT2D eigenvalue weighted by atomic mass is 10.3. The van der Waals surface area contributed by atoms with Crippen molar-refractivity contribution >= 4 is 33.2 Å². The number of rotatable bonds is 5. The van der Waals surface area contributed by atoms with E-state index >= 15 is 0 Å². The quantitative estimate of drug-likeness (QED) is 0.613. The number of thiazole rings is 1. The molecule has 0 saturated carbocycles. The van der Waals surface area contributed by atoms with Gasteiger partial charge in [0, 0.05) is 5.38 Å². The van der Waals surface area contributed by atoms with Gasteiger partial charge in [-0.25, -0.2) is 9.78 Å². The summed E-state index contributed by atoms with van der Waals surface area (Å²) in [6.07, 6.45) is 3.14. The van der Waals surface area contributed by atoms with E-state index in [0.29, 0.717) is 16.2 Å². The zero-order chi connectivity index (χ0) is 10.4. The Bertz CT molecular complexity index is 301. The van der Waals surface area contributed by atoms with E-state index < -0.39 is 0 Å². The number of unbranched alkanes of at least 4 members (excludes halogenated alkanes) is 2. The molecule has 0 fully saturated rings. The van der Waals surface area contributed by atoms with Crippen molar-refractivity contribution in [1.82, 2.24) is 4.98 Å². The number of ether oxygens (including phenoxy) is 1. The number of aromatic nitrogens is 1. The molecule has 1 aromatic rings. The highest BCUT2D eigenvalue weighted by molar-refractivity contribution is 9.11. The van der Waals surface area contributed by atoms with Gasteiger partial charge in [0.25, 0.3) is 0 Å². The molecule has 0 aliphatic rings. The van der Waals surface area contributed by atoms with Gasteiger partial charge in [-0.05, 0) is 22.4 Å². The average molecular weight is 278 g/mol. The topological polar surface area (TPSA) is 39.2 Å². The second kappa shape index (κ2) is 6.14. The van der Waals surface area contributed by atoms with Gasteiger partial charge in [-0.1, -0.05) is 19.8 Å². The molecule has 0 unspecified atom stereocenters. The summed E-state index contributed by atoms with van der Waals surface area (Å²) >= 11 is 4.57. The van der Waals surface area contributed by atoms with Gasteiger partial charge in [-0.2, -0.15) is 0 Å². The molecule has 0 aliphatic heterocycles. The normalized spacial score (nSPS) is 10.1. The molecule has 0 bridgehead atoms. The maximum absolute atomic E-state index is 11.3. The van der Waals surface area contributed by atoms with Crippen LogP contribution in [0.3, 0.4) is 0 Å². The average Bonchev–Trinajstić information content (AvgIpc) is 2.59. The predicted octanol–water partition coefficient (Wildman–Crippen LogP) is 3.25. The molecule has 0 aliphatic carbocycles. The molecule has 0 atom stereocenters. The lowest BCUT2D eigenvalue weighted by Crippen LogP contribution is -2.06. The van der Waals surface area contributed by atoms with Gasteiger partial charge in [-0.3, -0.25) is 0 Å². The van der Waals surface area contributed by atoms with Crippen LogP contribution in [0, 0.1) is 0 Å². The highest BCUT2D eigenvalue weighted by atomic mass is 79.9. The van der Waals surface area contributed by atoms with Crippen molar-refractivity contribution in [2.75, 3.05) is 6.61 Å². The van der Waals surface area contributed by atoms with Gasteiger partial charge < -0.3 is 4.74 Å². The van der Waals surface area contributed by atoms with Gasteiger partial charge in [0.2, 0.25) is 0 Å². The maximum atomic E-state index is 11.3. The first kappa shape index (κ1) is 11.7. The van der Waals surface area contributed by atoms with Crippen LogP contribution < -0.4 is 0 Å². The van der Waals surface area contributed by atoms with Crippen molar-refractivity contribution < 1.29 is 9.53 Å². The molecular formula is C9H12BrNO2S. The standard InChI is InChI=1S/C9H12BrNO2S/c1-2-3-4-5-13-8(12)7-6-14-9(10)11-7/h6H,2-5H2,1H3. The fourth-order valence-electron chi connectivity index (χ4n) is 0.936. The van der Waals surface area contributed by atoms with E-state index in [-0.39, 0.29) is 5.97 Å². The zero-order valence-corrected chi connectivity index (χ0v) is 10.4. The minimum atomic E-state index is -0.331. The monoisotopic (exact) mass is 277 g/mol. The Morgan fingerprint density at radius 3 is 3.00 bits per heavy atom. The summed E-state index contributed by atoms with van der Waals surface area (Å²) in [5, 5.41) is 1.69. The summed E-state index contributed by atoms with van der Waals surface area (Å²) in [6, 6.07) is 0. The van der Waals surface area contributed by atoms with Gasteiger partial charge >= 0.3 is 5.97 Å². The Labute approximate surface area is 95.6 Å². The lowest BCUT2D eigenvalue weighted by molar-refractivity contribution is 0.0492. The summed E-state index contributed by atoms with van der Waals surface area (Å²) in [7, 11) is 0. The van der Waals surface area contributed by atoms with Crippen LogP contribution >= 0.6 is 27.3 Å². The molecule has 0 radical (unpaired) electrons. The Balaban J connectivity index is 2.29. The molecule has 14 heavy (non-hydrogen) atoms. The van der Waals surface area contributed by atoms with E-state index in [2.05, 4.69) is 27.8 Å². The highest BCUT2D eigenvalue weighted by Gasteiger charge is 2.10. The van der Waals surface area contributed by atoms with Crippen LogP contribution in [0.2, 0.25) is 0 Å². The fraction of sp³-hybridized carbons (Fsp3) is 0.556. The van der Waals surface area contributed by atoms with Crippen molar-refractivity contribution in [3.63, 3.8) is 0 Å². The Morgan fingerprint density at radius 1 is 1.64 bits per heavy atom. The first-order chi connectivity index (χ1) is 6.74. The van der Waals surface area contributed by atoms with E-state index in [4.69, 9.17) is 4.74 Å². The predicted molar refractivity (Wildman–Crippen MR) is 59.6 cm³/mol. The molecule has 1 aromatic heterocycles. The summed E-state index contributed by atoms with van der Waals surface area (Å²) in [5.74, 6) is -0.331.